The topological polar surface area (TPSA) is 93.0 Å². The van der Waals surface area contributed by atoms with Gasteiger partial charge in [0.1, 0.15) is 6.04 Å². The molecule has 0 aromatic carbocycles. The minimum absolute atomic E-state index is 0.134. The van der Waals surface area contributed by atoms with Crippen LogP contribution in [0.2, 0.25) is 0 Å². The zero-order chi connectivity index (χ0) is 19.4. The van der Waals surface area contributed by atoms with Crippen LogP contribution in [-0.4, -0.2) is 50.6 Å². The Labute approximate surface area is 159 Å². The third-order valence-electron chi connectivity index (χ3n) is 4.94. The molecule has 1 atom stereocenters. The lowest BCUT2D eigenvalue weighted by molar-refractivity contribution is -0.120. The summed E-state index contributed by atoms with van der Waals surface area (Å²) in [5.74, 6) is 0.582. The van der Waals surface area contributed by atoms with Crippen LogP contribution in [0.5, 0.6) is 0 Å². The highest BCUT2D eigenvalue weighted by molar-refractivity contribution is 5.94. The Morgan fingerprint density at radius 1 is 1.22 bits per heavy atom. The van der Waals surface area contributed by atoms with E-state index in [-0.39, 0.29) is 11.8 Å². The first-order chi connectivity index (χ1) is 12.9. The smallest absolute Gasteiger partial charge is 0.256 e. The summed E-state index contributed by atoms with van der Waals surface area (Å²) >= 11 is 0. The molecule has 27 heavy (non-hydrogen) atoms. The van der Waals surface area contributed by atoms with Crippen LogP contribution < -0.4 is 5.32 Å². The zero-order valence-corrected chi connectivity index (χ0v) is 16.1. The minimum atomic E-state index is -0.486. The second-order valence-electron chi connectivity index (χ2n) is 7.34. The number of aromatic nitrogens is 4. The van der Waals surface area contributed by atoms with Gasteiger partial charge < -0.3 is 10.2 Å². The summed E-state index contributed by atoms with van der Waals surface area (Å²) in [7, 11) is 3.39. The van der Waals surface area contributed by atoms with Crippen LogP contribution in [0.3, 0.4) is 0 Å². The van der Waals surface area contributed by atoms with E-state index in [0.717, 1.165) is 18.5 Å². The molecule has 8 heteroatoms. The van der Waals surface area contributed by atoms with E-state index in [4.69, 9.17) is 0 Å². The van der Waals surface area contributed by atoms with E-state index in [2.05, 4.69) is 20.4 Å². The summed E-state index contributed by atoms with van der Waals surface area (Å²) in [5, 5.41) is 7.15. The molecule has 1 aliphatic carbocycles. The average molecular weight is 370 g/mol. The number of hydrogen-bond acceptors (Lipinski definition) is 5. The molecule has 2 aromatic rings. The van der Waals surface area contributed by atoms with Gasteiger partial charge in [0.05, 0.1) is 29.8 Å². The molecule has 1 saturated carbocycles. The molecule has 144 valence electrons. The number of carbonyl (C=O) groups excluding carboxylic acids is 2. The number of anilines is 1. The van der Waals surface area contributed by atoms with E-state index in [1.165, 1.54) is 23.9 Å². The third kappa shape index (κ3) is 4.69. The largest absolute Gasteiger partial charge is 0.345 e. The summed E-state index contributed by atoms with van der Waals surface area (Å²) in [6.45, 7) is 1.84. The predicted molar refractivity (Wildman–Crippen MR) is 101 cm³/mol. The summed E-state index contributed by atoms with van der Waals surface area (Å²) in [6, 6.07) is -0.486. The van der Waals surface area contributed by atoms with E-state index in [9.17, 15) is 9.59 Å². The van der Waals surface area contributed by atoms with Crippen LogP contribution in [-0.2, 0) is 4.79 Å². The van der Waals surface area contributed by atoms with Gasteiger partial charge >= 0.3 is 0 Å². The van der Waals surface area contributed by atoms with Gasteiger partial charge in [0.2, 0.25) is 5.91 Å². The highest BCUT2D eigenvalue weighted by Crippen LogP contribution is 2.32. The molecule has 0 saturated heterocycles. The van der Waals surface area contributed by atoms with Gasteiger partial charge in [-0.2, -0.15) is 5.10 Å². The van der Waals surface area contributed by atoms with Crippen LogP contribution in [0.1, 0.15) is 54.2 Å². The van der Waals surface area contributed by atoms with E-state index in [1.54, 1.807) is 37.4 Å². The molecule has 0 spiro atoms. The quantitative estimate of drug-likeness (QED) is 0.843. The molecular formula is C19H26N6O2. The Hall–Kier alpha value is -2.77. The molecule has 1 fully saturated rings. The standard InChI is InChI=1S/C19H26N6O2/c1-13-9-21-17(11-20-13)23-18(26)16(8-14-6-4-5-7-14)25-12-15(10-22-25)19(27)24(2)3/h9-12,14,16H,4-8H2,1-3H3,(H,21,23,26). The first kappa shape index (κ1) is 19.0. The lowest BCUT2D eigenvalue weighted by Crippen LogP contribution is -2.28. The van der Waals surface area contributed by atoms with Gasteiger partial charge in [0.15, 0.2) is 5.82 Å². The number of hydrogen-bond donors (Lipinski definition) is 1. The van der Waals surface area contributed by atoms with Crippen molar-refractivity contribution in [2.24, 2.45) is 5.92 Å². The maximum Gasteiger partial charge on any atom is 0.256 e. The van der Waals surface area contributed by atoms with Crippen LogP contribution in [0.4, 0.5) is 5.82 Å². The van der Waals surface area contributed by atoms with Gasteiger partial charge in [-0.05, 0) is 19.3 Å². The Morgan fingerprint density at radius 3 is 2.59 bits per heavy atom. The average Bonchev–Trinajstić information content (AvgIpc) is 3.32. The molecule has 0 bridgehead atoms. The molecule has 1 N–H and O–H groups in total. The normalized spacial score (nSPS) is 15.5. The molecule has 1 aliphatic rings. The second-order valence-corrected chi connectivity index (χ2v) is 7.34. The van der Waals surface area contributed by atoms with Gasteiger partial charge in [-0.1, -0.05) is 25.7 Å². The number of rotatable bonds is 6. The van der Waals surface area contributed by atoms with Crippen molar-refractivity contribution >= 4 is 17.6 Å². The van der Waals surface area contributed by atoms with Crippen molar-refractivity contribution in [2.75, 3.05) is 19.4 Å². The fourth-order valence-electron chi connectivity index (χ4n) is 3.44. The van der Waals surface area contributed by atoms with Crippen molar-refractivity contribution in [3.63, 3.8) is 0 Å². The number of nitrogens with one attached hydrogen (secondary N) is 1. The number of aryl methyl sites for hydroxylation is 1. The molecule has 0 radical (unpaired) electrons. The lowest BCUT2D eigenvalue weighted by atomic mass is 9.98. The molecule has 2 heterocycles. The van der Waals surface area contributed by atoms with Gasteiger partial charge in [-0.3, -0.25) is 19.3 Å². The Kier molecular flexibility index (Phi) is 5.83. The molecule has 1 unspecified atom stereocenters. The highest BCUT2D eigenvalue weighted by Gasteiger charge is 2.28. The minimum Gasteiger partial charge on any atom is -0.345 e. The number of nitrogens with zero attached hydrogens (tertiary/aromatic N) is 5. The number of amides is 2. The summed E-state index contributed by atoms with van der Waals surface area (Å²) < 4.78 is 1.60. The lowest BCUT2D eigenvalue weighted by Gasteiger charge is -2.20. The molecule has 8 nitrogen and oxygen atoms in total. The second kappa shape index (κ2) is 8.28. The molecule has 2 aromatic heterocycles. The van der Waals surface area contributed by atoms with Crippen LogP contribution in [0, 0.1) is 12.8 Å². The molecule has 3 rings (SSSR count). The van der Waals surface area contributed by atoms with Gasteiger partial charge in [0.25, 0.3) is 5.91 Å². The van der Waals surface area contributed by atoms with E-state index in [1.807, 2.05) is 6.92 Å². The first-order valence-corrected chi connectivity index (χ1v) is 9.29. The van der Waals surface area contributed by atoms with Gasteiger partial charge in [-0.15, -0.1) is 0 Å². The Bertz CT molecular complexity index is 793. The van der Waals surface area contributed by atoms with E-state index >= 15 is 0 Å². The van der Waals surface area contributed by atoms with Gasteiger partial charge in [-0.25, -0.2) is 4.98 Å². The van der Waals surface area contributed by atoms with Crippen molar-refractivity contribution in [3.8, 4) is 0 Å². The van der Waals surface area contributed by atoms with E-state index in [0.29, 0.717) is 23.7 Å². The molecule has 2 amide bonds. The van der Waals surface area contributed by atoms with Crippen molar-refractivity contribution in [2.45, 2.75) is 45.1 Å². The van der Waals surface area contributed by atoms with Gasteiger partial charge in [0, 0.05) is 20.3 Å². The van der Waals surface area contributed by atoms with Crippen molar-refractivity contribution in [1.82, 2.24) is 24.6 Å². The van der Waals surface area contributed by atoms with Crippen LogP contribution >= 0.6 is 0 Å². The van der Waals surface area contributed by atoms with Crippen molar-refractivity contribution < 1.29 is 9.59 Å². The van der Waals surface area contributed by atoms with Crippen LogP contribution in [0.15, 0.2) is 24.8 Å². The Balaban J connectivity index is 1.80. The van der Waals surface area contributed by atoms with E-state index < -0.39 is 6.04 Å². The SMILES string of the molecule is Cc1cnc(NC(=O)C(CC2CCCC2)n2cc(C(=O)N(C)C)cn2)cn1. The molecular weight excluding hydrogens is 344 g/mol. The maximum absolute atomic E-state index is 13.0. The summed E-state index contributed by atoms with van der Waals surface area (Å²) in [5.41, 5.74) is 1.26. The zero-order valence-electron chi connectivity index (χ0n) is 16.1. The third-order valence-corrected chi connectivity index (χ3v) is 4.94. The fourth-order valence-corrected chi connectivity index (χ4v) is 3.44. The predicted octanol–water partition coefficient (Wildman–Crippen LogP) is 2.44. The van der Waals surface area contributed by atoms with Crippen molar-refractivity contribution in [3.05, 3.63) is 36.0 Å². The highest BCUT2D eigenvalue weighted by atomic mass is 16.2. The fraction of sp³-hybridized carbons (Fsp3) is 0.526. The Morgan fingerprint density at radius 2 is 1.96 bits per heavy atom. The summed E-state index contributed by atoms with van der Waals surface area (Å²) in [6.07, 6.45) is 11.7. The maximum atomic E-state index is 13.0. The van der Waals surface area contributed by atoms with Crippen molar-refractivity contribution in [1.29, 1.82) is 0 Å². The monoisotopic (exact) mass is 370 g/mol. The molecule has 0 aliphatic heterocycles. The summed E-state index contributed by atoms with van der Waals surface area (Å²) in [4.78, 5) is 35.0. The first-order valence-electron chi connectivity index (χ1n) is 9.29. The number of carbonyl (C=O) groups is 2. The van der Waals surface area contributed by atoms with Crippen LogP contribution in [0.25, 0.3) is 0 Å².